The normalized spacial score (nSPS) is 16.0. The first-order valence-corrected chi connectivity index (χ1v) is 8.75. The number of rotatable bonds is 8. The summed E-state index contributed by atoms with van der Waals surface area (Å²) in [5, 5.41) is 1.88. The number of carbonyl (C=O) groups excluding carboxylic acids is 2. The maximum Gasteiger partial charge on any atom is 0.223 e. The Morgan fingerprint density at radius 1 is 1.32 bits per heavy atom. The Hall–Kier alpha value is -1.24. The molecule has 0 atom stereocenters. The molecule has 1 aliphatic heterocycles. The first kappa shape index (κ1) is 17.1. The Kier molecular flexibility index (Phi) is 7.02. The van der Waals surface area contributed by atoms with Gasteiger partial charge in [-0.2, -0.15) is 0 Å². The smallest absolute Gasteiger partial charge is 0.223 e. The highest BCUT2D eigenvalue weighted by atomic mass is 32.1. The number of nitrogens with zero attached hydrogens (tertiary/aromatic N) is 1. The van der Waals surface area contributed by atoms with Crippen molar-refractivity contribution in [2.45, 2.75) is 38.2 Å². The highest BCUT2D eigenvalue weighted by molar-refractivity contribution is 7.12. The molecule has 0 aromatic carbocycles. The zero-order valence-electron chi connectivity index (χ0n) is 12.8. The van der Waals surface area contributed by atoms with Crippen molar-refractivity contribution >= 4 is 23.0 Å². The van der Waals surface area contributed by atoms with Crippen molar-refractivity contribution in [2.24, 2.45) is 5.73 Å². The van der Waals surface area contributed by atoms with Crippen LogP contribution in [0, 0.1) is 0 Å². The maximum absolute atomic E-state index is 12.2. The second-order valence-electron chi connectivity index (χ2n) is 5.49. The third-order valence-corrected chi connectivity index (χ3v) is 4.77. The molecule has 1 saturated heterocycles. The third-order valence-electron chi connectivity index (χ3n) is 3.86. The number of Topliss-reactive ketones (excluding diaryl/α,β-unsaturated/α-hetero) is 1. The molecule has 5 nitrogen and oxygen atoms in total. The Morgan fingerprint density at radius 3 is 2.73 bits per heavy atom. The molecule has 1 fully saturated rings. The molecule has 2 N–H and O–H groups in total. The molecule has 1 aromatic rings. The van der Waals surface area contributed by atoms with Gasteiger partial charge >= 0.3 is 0 Å². The number of carbonyl (C=O) groups is 2. The topological polar surface area (TPSA) is 72.6 Å². The first-order valence-electron chi connectivity index (χ1n) is 7.87. The fraction of sp³-hybridized carbons (Fsp3) is 0.625. The van der Waals surface area contributed by atoms with Crippen LogP contribution in [0.2, 0.25) is 0 Å². The van der Waals surface area contributed by atoms with Gasteiger partial charge < -0.3 is 15.4 Å². The fourth-order valence-corrected chi connectivity index (χ4v) is 3.24. The van der Waals surface area contributed by atoms with Crippen LogP contribution < -0.4 is 5.73 Å². The lowest BCUT2D eigenvalue weighted by molar-refractivity contribution is -0.133. The van der Waals surface area contributed by atoms with Crippen molar-refractivity contribution in [3.05, 3.63) is 22.4 Å². The zero-order valence-corrected chi connectivity index (χ0v) is 13.6. The van der Waals surface area contributed by atoms with E-state index in [1.54, 1.807) is 0 Å². The van der Waals surface area contributed by atoms with Gasteiger partial charge in [0.2, 0.25) is 5.91 Å². The van der Waals surface area contributed by atoms with Crippen LogP contribution >= 0.6 is 11.3 Å². The first-order chi connectivity index (χ1) is 10.7. The van der Waals surface area contributed by atoms with Crippen molar-refractivity contribution in [3.8, 4) is 0 Å². The van der Waals surface area contributed by atoms with E-state index in [0.29, 0.717) is 26.0 Å². The molecular weight excluding hydrogens is 300 g/mol. The molecule has 2 rings (SSSR count). The molecule has 1 amide bonds. The minimum Gasteiger partial charge on any atom is -0.378 e. The summed E-state index contributed by atoms with van der Waals surface area (Å²) in [5.74, 6) is 0.133. The Labute approximate surface area is 135 Å². The summed E-state index contributed by atoms with van der Waals surface area (Å²) in [6.07, 6.45) is 3.46. The quantitative estimate of drug-likeness (QED) is 0.587. The molecule has 1 aliphatic rings. The van der Waals surface area contributed by atoms with E-state index in [4.69, 9.17) is 10.5 Å². The minimum atomic E-state index is 0.0587. The average Bonchev–Trinajstić information content (AvgIpc) is 3.08. The molecular formula is C16H24N2O3S. The number of hydrogen-bond acceptors (Lipinski definition) is 5. The summed E-state index contributed by atoms with van der Waals surface area (Å²) in [7, 11) is 0. The Morgan fingerprint density at radius 2 is 2.09 bits per heavy atom. The van der Waals surface area contributed by atoms with Crippen LogP contribution in [0.25, 0.3) is 0 Å². The molecule has 6 heteroatoms. The van der Waals surface area contributed by atoms with Crippen LogP contribution in [0.5, 0.6) is 0 Å². The van der Waals surface area contributed by atoms with Gasteiger partial charge in [-0.15, -0.1) is 11.3 Å². The standard InChI is InChI=1S/C16H24N2O3S/c17-8-2-11-21-13-6-9-18(10-7-13)16(20)5-4-14(19)15-3-1-12-22-15/h1,3,12-13H,2,4-11,17H2. The fourth-order valence-electron chi connectivity index (χ4n) is 2.54. The number of amides is 1. The van der Waals surface area contributed by atoms with Gasteiger partial charge in [0, 0.05) is 32.5 Å². The van der Waals surface area contributed by atoms with Gasteiger partial charge in [0.15, 0.2) is 5.78 Å². The third kappa shape index (κ3) is 5.19. The van der Waals surface area contributed by atoms with E-state index in [1.165, 1.54) is 11.3 Å². The van der Waals surface area contributed by atoms with Gasteiger partial charge in [-0.1, -0.05) is 6.07 Å². The van der Waals surface area contributed by atoms with E-state index in [1.807, 2.05) is 22.4 Å². The van der Waals surface area contributed by atoms with Crippen LogP contribution in [0.1, 0.15) is 41.8 Å². The van der Waals surface area contributed by atoms with E-state index in [-0.39, 0.29) is 17.8 Å². The lowest BCUT2D eigenvalue weighted by atomic mass is 10.1. The summed E-state index contributed by atoms with van der Waals surface area (Å²) < 4.78 is 5.73. The molecule has 1 aromatic heterocycles. The van der Waals surface area contributed by atoms with E-state index in [2.05, 4.69) is 0 Å². The summed E-state index contributed by atoms with van der Waals surface area (Å²) in [5.41, 5.74) is 5.44. The second kappa shape index (κ2) is 9.02. The van der Waals surface area contributed by atoms with Crippen molar-refractivity contribution in [2.75, 3.05) is 26.2 Å². The largest absolute Gasteiger partial charge is 0.378 e. The summed E-state index contributed by atoms with van der Waals surface area (Å²) in [6, 6.07) is 3.66. The van der Waals surface area contributed by atoms with E-state index >= 15 is 0 Å². The summed E-state index contributed by atoms with van der Waals surface area (Å²) in [4.78, 5) is 26.6. The Balaban J connectivity index is 1.66. The van der Waals surface area contributed by atoms with Gasteiger partial charge in [0.05, 0.1) is 11.0 Å². The molecule has 22 heavy (non-hydrogen) atoms. The van der Waals surface area contributed by atoms with E-state index in [9.17, 15) is 9.59 Å². The summed E-state index contributed by atoms with van der Waals surface area (Å²) >= 11 is 1.43. The predicted molar refractivity (Wildman–Crippen MR) is 87.1 cm³/mol. The van der Waals surface area contributed by atoms with Gasteiger partial charge in [-0.3, -0.25) is 9.59 Å². The Bertz CT molecular complexity index is 468. The highest BCUT2D eigenvalue weighted by Crippen LogP contribution is 2.17. The minimum absolute atomic E-state index is 0.0587. The molecule has 122 valence electrons. The number of thiophene rings is 1. The number of hydrogen-bond donors (Lipinski definition) is 1. The number of nitrogens with two attached hydrogens (primary N) is 1. The number of piperidine rings is 1. The number of likely N-dealkylation sites (tertiary alicyclic amines) is 1. The van der Waals surface area contributed by atoms with Crippen LogP contribution in [-0.2, 0) is 9.53 Å². The van der Waals surface area contributed by atoms with Gasteiger partial charge in [0.1, 0.15) is 0 Å². The molecule has 0 aliphatic carbocycles. The molecule has 0 saturated carbocycles. The van der Waals surface area contributed by atoms with Crippen molar-refractivity contribution in [1.29, 1.82) is 0 Å². The number of ether oxygens (including phenoxy) is 1. The maximum atomic E-state index is 12.2. The second-order valence-corrected chi connectivity index (χ2v) is 6.44. The zero-order chi connectivity index (χ0) is 15.8. The van der Waals surface area contributed by atoms with Crippen molar-refractivity contribution in [1.82, 2.24) is 4.90 Å². The van der Waals surface area contributed by atoms with Gasteiger partial charge in [-0.25, -0.2) is 0 Å². The molecule has 0 bridgehead atoms. The van der Waals surface area contributed by atoms with Crippen LogP contribution in [0.3, 0.4) is 0 Å². The number of ketones is 1. The molecule has 0 unspecified atom stereocenters. The predicted octanol–water partition coefficient (Wildman–Crippen LogP) is 2.07. The average molecular weight is 324 g/mol. The van der Waals surface area contributed by atoms with Crippen LogP contribution in [-0.4, -0.2) is 48.9 Å². The van der Waals surface area contributed by atoms with Crippen LogP contribution in [0.15, 0.2) is 17.5 Å². The van der Waals surface area contributed by atoms with Crippen molar-refractivity contribution in [3.63, 3.8) is 0 Å². The SMILES string of the molecule is NCCCOC1CCN(C(=O)CCC(=O)c2cccs2)CC1. The van der Waals surface area contributed by atoms with Gasteiger partial charge in [0.25, 0.3) is 0 Å². The van der Waals surface area contributed by atoms with Crippen LogP contribution in [0.4, 0.5) is 0 Å². The molecule has 0 radical (unpaired) electrons. The molecule has 0 spiro atoms. The van der Waals surface area contributed by atoms with E-state index < -0.39 is 0 Å². The monoisotopic (exact) mass is 324 g/mol. The lowest BCUT2D eigenvalue weighted by Gasteiger charge is -2.32. The van der Waals surface area contributed by atoms with Gasteiger partial charge in [-0.05, 0) is 37.3 Å². The summed E-state index contributed by atoms with van der Waals surface area (Å²) in [6.45, 7) is 2.79. The highest BCUT2D eigenvalue weighted by Gasteiger charge is 2.23. The van der Waals surface area contributed by atoms with E-state index in [0.717, 1.165) is 37.2 Å². The lowest BCUT2D eigenvalue weighted by Crippen LogP contribution is -2.41. The van der Waals surface area contributed by atoms with Crippen molar-refractivity contribution < 1.29 is 14.3 Å². The molecule has 2 heterocycles.